The Morgan fingerprint density at radius 1 is 1.39 bits per heavy atom. The number of thiazole rings is 1. The molecular formula is C16H22ClIN4S. The van der Waals surface area contributed by atoms with Crippen LogP contribution in [0.3, 0.4) is 0 Å². The van der Waals surface area contributed by atoms with Gasteiger partial charge in [-0.25, -0.2) is 9.98 Å². The molecule has 0 bridgehead atoms. The van der Waals surface area contributed by atoms with Crippen LogP contribution >= 0.6 is 46.9 Å². The number of hydrogen-bond acceptors (Lipinski definition) is 3. The van der Waals surface area contributed by atoms with E-state index in [1.54, 1.807) is 11.3 Å². The Bertz CT molecular complexity index is 645. The Morgan fingerprint density at radius 3 is 2.74 bits per heavy atom. The molecule has 0 saturated heterocycles. The Morgan fingerprint density at radius 2 is 2.13 bits per heavy atom. The zero-order chi connectivity index (χ0) is 15.9. The molecule has 2 aromatic rings. The molecule has 0 spiro atoms. The van der Waals surface area contributed by atoms with E-state index in [2.05, 4.69) is 34.0 Å². The van der Waals surface area contributed by atoms with Crippen molar-refractivity contribution in [1.82, 2.24) is 15.2 Å². The number of hydrogen-bond donors (Lipinski definition) is 1. The maximum atomic E-state index is 6.23. The molecule has 1 aromatic carbocycles. The van der Waals surface area contributed by atoms with Crippen molar-refractivity contribution in [3.8, 4) is 0 Å². The van der Waals surface area contributed by atoms with Crippen molar-refractivity contribution in [3.05, 3.63) is 50.9 Å². The summed E-state index contributed by atoms with van der Waals surface area (Å²) in [6, 6.07) is 7.88. The largest absolute Gasteiger partial charge is 0.357 e. The second kappa shape index (κ2) is 10.1. The van der Waals surface area contributed by atoms with Gasteiger partial charge in [-0.1, -0.05) is 29.8 Å². The predicted molar refractivity (Wildman–Crippen MR) is 110 cm³/mol. The average molecular weight is 465 g/mol. The molecule has 0 aliphatic carbocycles. The van der Waals surface area contributed by atoms with Gasteiger partial charge in [-0.05, 0) is 25.5 Å². The number of aryl methyl sites for hydroxylation is 1. The Labute approximate surface area is 164 Å². The van der Waals surface area contributed by atoms with Gasteiger partial charge in [0.05, 0.1) is 6.54 Å². The Balaban J connectivity index is 0.00000264. The van der Waals surface area contributed by atoms with Gasteiger partial charge in [-0.3, -0.25) is 0 Å². The maximum absolute atomic E-state index is 6.23. The SMILES string of the molecule is CCNC(=NCc1ncc(C)s1)N(C)Cc1ccccc1Cl.I. The molecule has 1 aromatic heterocycles. The smallest absolute Gasteiger partial charge is 0.194 e. The standard InChI is InChI=1S/C16H21ClN4S.HI/c1-4-18-16(20-10-15-19-9-12(2)22-15)21(3)11-13-7-5-6-8-14(13)17;/h5-9H,4,10-11H2,1-3H3,(H,18,20);1H. The number of aliphatic imine (C=N–C) groups is 1. The zero-order valence-electron chi connectivity index (χ0n) is 13.5. The van der Waals surface area contributed by atoms with Crippen LogP contribution in [0.15, 0.2) is 35.5 Å². The highest BCUT2D eigenvalue weighted by atomic mass is 127. The fraction of sp³-hybridized carbons (Fsp3) is 0.375. The summed E-state index contributed by atoms with van der Waals surface area (Å²) in [5, 5.41) is 5.11. The summed E-state index contributed by atoms with van der Waals surface area (Å²) in [5.74, 6) is 0.857. The molecule has 23 heavy (non-hydrogen) atoms. The maximum Gasteiger partial charge on any atom is 0.194 e. The lowest BCUT2D eigenvalue weighted by molar-refractivity contribution is 0.477. The number of benzene rings is 1. The first-order valence-electron chi connectivity index (χ1n) is 7.24. The normalized spacial score (nSPS) is 11.0. The van der Waals surface area contributed by atoms with Gasteiger partial charge in [0.15, 0.2) is 5.96 Å². The topological polar surface area (TPSA) is 40.5 Å². The first-order valence-corrected chi connectivity index (χ1v) is 8.43. The van der Waals surface area contributed by atoms with Crippen molar-refractivity contribution in [2.45, 2.75) is 26.9 Å². The van der Waals surface area contributed by atoms with E-state index in [0.717, 1.165) is 28.1 Å². The molecule has 0 fully saturated rings. The van der Waals surface area contributed by atoms with Crippen LogP contribution in [-0.4, -0.2) is 29.4 Å². The molecule has 0 unspecified atom stereocenters. The summed E-state index contributed by atoms with van der Waals surface area (Å²) in [4.78, 5) is 12.3. The van der Waals surface area contributed by atoms with Gasteiger partial charge in [0, 0.05) is 36.2 Å². The molecule has 0 aliphatic rings. The minimum absolute atomic E-state index is 0. The van der Waals surface area contributed by atoms with Gasteiger partial charge in [0.1, 0.15) is 5.01 Å². The molecule has 126 valence electrons. The van der Waals surface area contributed by atoms with Gasteiger partial charge in [-0.2, -0.15) is 0 Å². The van der Waals surface area contributed by atoms with Crippen LogP contribution in [0.5, 0.6) is 0 Å². The van der Waals surface area contributed by atoms with Crippen LogP contribution in [0.4, 0.5) is 0 Å². The van der Waals surface area contributed by atoms with E-state index in [1.807, 2.05) is 37.5 Å². The first kappa shape index (κ1) is 20.2. The van der Waals surface area contributed by atoms with Gasteiger partial charge in [0.25, 0.3) is 0 Å². The minimum atomic E-state index is 0. The molecule has 1 heterocycles. The number of nitrogens with zero attached hydrogens (tertiary/aromatic N) is 3. The lowest BCUT2D eigenvalue weighted by Gasteiger charge is -2.22. The van der Waals surface area contributed by atoms with E-state index in [0.29, 0.717) is 13.1 Å². The van der Waals surface area contributed by atoms with E-state index in [9.17, 15) is 0 Å². The lowest BCUT2D eigenvalue weighted by Crippen LogP contribution is -2.38. The van der Waals surface area contributed by atoms with Crippen molar-refractivity contribution in [3.63, 3.8) is 0 Å². The third kappa shape index (κ3) is 6.27. The van der Waals surface area contributed by atoms with Crippen molar-refractivity contribution in [2.24, 2.45) is 4.99 Å². The second-order valence-corrected chi connectivity index (χ2v) is 6.71. The average Bonchev–Trinajstić information content (AvgIpc) is 2.91. The van der Waals surface area contributed by atoms with Crippen LogP contribution in [0.1, 0.15) is 22.4 Å². The van der Waals surface area contributed by atoms with Crippen molar-refractivity contribution in [1.29, 1.82) is 0 Å². The quantitative estimate of drug-likeness (QED) is 0.407. The van der Waals surface area contributed by atoms with E-state index < -0.39 is 0 Å². The highest BCUT2D eigenvalue weighted by Gasteiger charge is 2.09. The predicted octanol–water partition coefficient (Wildman–Crippen LogP) is 4.32. The first-order chi connectivity index (χ1) is 10.6. The summed E-state index contributed by atoms with van der Waals surface area (Å²) in [5.41, 5.74) is 1.09. The molecule has 1 N–H and O–H groups in total. The number of nitrogens with one attached hydrogen (secondary N) is 1. The molecule has 0 radical (unpaired) electrons. The van der Waals surface area contributed by atoms with E-state index >= 15 is 0 Å². The van der Waals surface area contributed by atoms with Gasteiger partial charge in [0.2, 0.25) is 0 Å². The molecule has 0 atom stereocenters. The molecule has 0 aliphatic heterocycles. The summed E-state index contributed by atoms with van der Waals surface area (Å²) in [7, 11) is 2.01. The van der Waals surface area contributed by atoms with Gasteiger partial charge < -0.3 is 10.2 Å². The van der Waals surface area contributed by atoms with Gasteiger partial charge in [-0.15, -0.1) is 35.3 Å². The van der Waals surface area contributed by atoms with Crippen LogP contribution in [0.2, 0.25) is 5.02 Å². The van der Waals surface area contributed by atoms with Crippen molar-refractivity contribution in [2.75, 3.05) is 13.6 Å². The summed E-state index contributed by atoms with van der Waals surface area (Å²) >= 11 is 7.91. The number of rotatable bonds is 5. The van der Waals surface area contributed by atoms with Crippen molar-refractivity contribution >= 4 is 52.9 Å². The fourth-order valence-electron chi connectivity index (χ4n) is 2.04. The zero-order valence-corrected chi connectivity index (χ0v) is 17.4. The number of aromatic nitrogens is 1. The van der Waals surface area contributed by atoms with Crippen LogP contribution in [0, 0.1) is 6.92 Å². The number of guanidine groups is 1. The summed E-state index contributed by atoms with van der Waals surface area (Å²) in [6.45, 7) is 6.24. The number of halogens is 2. The molecule has 2 rings (SSSR count). The molecule has 4 nitrogen and oxygen atoms in total. The lowest BCUT2D eigenvalue weighted by atomic mass is 10.2. The third-order valence-corrected chi connectivity index (χ3v) is 4.36. The molecular weight excluding hydrogens is 443 g/mol. The van der Waals surface area contributed by atoms with Crippen LogP contribution < -0.4 is 5.32 Å². The highest BCUT2D eigenvalue weighted by Crippen LogP contribution is 2.17. The molecule has 7 heteroatoms. The molecule has 0 saturated carbocycles. The fourth-order valence-corrected chi connectivity index (χ4v) is 2.95. The third-order valence-electron chi connectivity index (χ3n) is 3.10. The Kier molecular flexibility index (Phi) is 8.86. The summed E-state index contributed by atoms with van der Waals surface area (Å²) in [6.07, 6.45) is 1.88. The minimum Gasteiger partial charge on any atom is -0.357 e. The van der Waals surface area contributed by atoms with E-state index in [1.165, 1.54) is 4.88 Å². The summed E-state index contributed by atoms with van der Waals surface area (Å²) < 4.78 is 0. The monoisotopic (exact) mass is 464 g/mol. The van der Waals surface area contributed by atoms with Crippen LogP contribution in [-0.2, 0) is 13.1 Å². The molecule has 0 amide bonds. The highest BCUT2D eigenvalue weighted by molar-refractivity contribution is 14.0. The Hall–Kier alpha value is -0.860. The van der Waals surface area contributed by atoms with Crippen molar-refractivity contribution < 1.29 is 0 Å². The van der Waals surface area contributed by atoms with Gasteiger partial charge >= 0.3 is 0 Å². The second-order valence-electron chi connectivity index (χ2n) is 4.98. The van der Waals surface area contributed by atoms with Crippen LogP contribution in [0.25, 0.3) is 0 Å². The van der Waals surface area contributed by atoms with E-state index in [4.69, 9.17) is 11.6 Å². The van der Waals surface area contributed by atoms with E-state index in [-0.39, 0.29) is 24.0 Å².